The summed E-state index contributed by atoms with van der Waals surface area (Å²) in [4.78, 5) is 68.4. The number of ether oxygens (including phenoxy) is 2. The van der Waals surface area contributed by atoms with Gasteiger partial charge in [0.25, 0.3) is 0 Å². The highest BCUT2D eigenvalue weighted by molar-refractivity contribution is 5.96. The monoisotopic (exact) mass is 638 g/mol. The van der Waals surface area contributed by atoms with Gasteiger partial charge in [-0.2, -0.15) is 0 Å². The number of nitrogens with one attached hydrogen (secondary N) is 2. The number of primary amides is 1. The third kappa shape index (κ3) is 11.5. The number of esters is 1. The van der Waals surface area contributed by atoms with Crippen molar-refractivity contribution < 1.29 is 33.4 Å². The molecule has 2 rings (SSSR count). The minimum Gasteiger partial charge on any atom is -0.458 e. The quantitative estimate of drug-likeness (QED) is 0.291. The Morgan fingerprint density at radius 2 is 1.39 bits per heavy atom. The number of nitrogens with zero attached hydrogens (tertiary/aromatic N) is 1. The maximum absolute atomic E-state index is 14.5. The molecule has 3 unspecified atom stereocenters. The average Bonchev–Trinajstić information content (AvgIpc) is 2.90. The molecule has 2 aromatic carbocycles. The second-order valence-corrected chi connectivity index (χ2v) is 13.7. The van der Waals surface area contributed by atoms with Crippen molar-refractivity contribution in [1.82, 2.24) is 15.5 Å². The van der Waals surface area contributed by atoms with E-state index in [1.165, 1.54) is 4.90 Å². The number of hydrogen-bond acceptors (Lipinski definition) is 7. The van der Waals surface area contributed by atoms with E-state index in [4.69, 9.17) is 15.2 Å². The number of carbonyl (C=O) groups is 5. The molecule has 4 amide bonds. The summed E-state index contributed by atoms with van der Waals surface area (Å²) < 4.78 is 11.0. The Kier molecular flexibility index (Phi) is 12.9. The molecule has 0 spiro atoms. The fourth-order valence-electron chi connectivity index (χ4n) is 4.86. The second-order valence-electron chi connectivity index (χ2n) is 13.7. The van der Waals surface area contributed by atoms with Crippen molar-refractivity contribution >= 4 is 29.8 Å². The zero-order valence-electron chi connectivity index (χ0n) is 28.7. The number of carbonyl (C=O) groups excluding carboxylic acids is 5. The van der Waals surface area contributed by atoms with Gasteiger partial charge in [0.05, 0.1) is 6.42 Å². The van der Waals surface area contributed by atoms with Crippen LogP contribution in [0.4, 0.5) is 4.79 Å². The molecule has 46 heavy (non-hydrogen) atoms. The lowest BCUT2D eigenvalue weighted by Gasteiger charge is -2.38. The van der Waals surface area contributed by atoms with Crippen LogP contribution >= 0.6 is 0 Å². The molecular formula is C35H50N4O7. The highest BCUT2D eigenvalue weighted by Crippen LogP contribution is 2.30. The van der Waals surface area contributed by atoms with Gasteiger partial charge in [-0.1, -0.05) is 48.5 Å². The van der Waals surface area contributed by atoms with Crippen LogP contribution in [0.3, 0.4) is 0 Å². The minimum absolute atomic E-state index is 0.140. The number of hydrogen-bond donors (Lipinski definition) is 3. The molecule has 0 aliphatic carbocycles. The van der Waals surface area contributed by atoms with Crippen molar-refractivity contribution in [3.8, 4) is 0 Å². The lowest BCUT2D eigenvalue weighted by molar-refractivity contribution is -0.159. The van der Waals surface area contributed by atoms with Crippen LogP contribution in [0.15, 0.2) is 48.5 Å². The van der Waals surface area contributed by atoms with Crippen LogP contribution in [0, 0.1) is 13.8 Å². The summed E-state index contributed by atoms with van der Waals surface area (Å²) in [7, 11) is 0. The van der Waals surface area contributed by atoms with Crippen LogP contribution in [0.1, 0.15) is 90.1 Å². The number of alkyl carbamates (subject to hydrolysis) is 1. The lowest BCUT2D eigenvalue weighted by Crippen LogP contribution is -2.57. The molecule has 0 fully saturated rings. The number of nitrogens with two attached hydrogens (primary N) is 1. The largest absolute Gasteiger partial charge is 0.458 e. The van der Waals surface area contributed by atoms with Gasteiger partial charge in [-0.3, -0.25) is 14.4 Å². The number of amides is 4. The molecule has 11 heteroatoms. The Hall–Kier alpha value is -4.41. The van der Waals surface area contributed by atoms with Gasteiger partial charge in [-0.15, -0.1) is 0 Å². The zero-order valence-corrected chi connectivity index (χ0v) is 28.7. The van der Waals surface area contributed by atoms with E-state index in [2.05, 4.69) is 10.6 Å². The molecule has 0 aliphatic rings. The van der Waals surface area contributed by atoms with Crippen molar-refractivity contribution in [2.24, 2.45) is 5.73 Å². The van der Waals surface area contributed by atoms with Crippen molar-refractivity contribution in [2.75, 3.05) is 0 Å². The van der Waals surface area contributed by atoms with E-state index >= 15 is 0 Å². The first kappa shape index (κ1) is 37.8. The molecule has 0 saturated heterocycles. The van der Waals surface area contributed by atoms with Gasteiger partial charge in [0.2, 0.25) is 17.7 Å². The Balaban J connectivity index is 2.66. The van der Waals surface area contributed by atoms with E-state index in [1.807, 2.05) is 50.2 Å². The van der Waals surface area contributed by atoms with Gasteiger partial charge in [0, 0.05) is 12.5 Å². The van der Waals surface area contributed by atoms with Gasteiger partial charge < -0.3 is 30.7 Å². The van der Waals surface area contributed by atoms with Gasteiger partial charge in [-0.05, 0) is 91.5 Å². The summed E-state index contributed by atoms with van der Waals surface area (Å²) in [6.45, 7) is 17.3. The van der Waals surface area contributed by atoms with Gasteiger partial charge in [-0.25, -0.2) is 9.59 Å². The van der Waals surface area contributed by atoms with E-state index in [0.29, 0.717) is 5.56 Å². The Labute approximate surface area is 272 Å². The second kappa shape index (κ2) is 15.7. The molecule has 3 atom stereocenters. The van der Waals surface area contributed by atoms with Crippen LogP contribution in [0.25, 0.3) is 0 Å². The third-order valence-corrected chi connectivity index (χ3v) is 6.96. The fourth-order valence-corrected chi connectivity index (χ4v) is 4.86. The maximum atomic E-state index is 14.5. The molecule has 11 nitrogen and oxygen atoms in total. The summed E-state index contributed by atoms with van der Waals surface area (Å²) in [5.74, 6) is -2.83. The molecule has 0 bridgehead atoms. The third-order valence-electron chi connectivity index (χ3n) is 6.96. The molecule has 2 aromatic rings. The lowest BCUT2D eigenvalue weighted by atomic mass is 9.93. The number of aryl methyl sites for hydroxylation is 1. The van der Waals surface area contributed by atoms with Crippen molar-refractivity contribution in [3.05, 3.63) is 70.8 Å². The van der Waals surface area contributed by atoms with Gasteiger partial charge in [0.15, 0.2) is 0 Å². The molecule has 252 valence electrons. The molecule has 4 N–H and O–H groups in total. The van der Waals surface area contributed by atoms with E-state index in [0.717, 1.165) is 16.7 Å². The molecule has 0 radical (unpaired) electrons. The van der Waals surface area contributed by atoms with E-state index in [1.54, 1.807) is 67.5 Å². The average molecular weight is 639 g/mol. The number of benzene rings is 2. The Morgan fingerprint density at radius 3 is 1.91 bits per heavy atom. The Morgan fingerprint density at radius 1 is 0.804 bits per heavy atom. The molecule has 0 saturated carbocycles. The molecule has 0 heterocycles. The van der Waals surface area contributed by atoms with Crippen LogP contribution in [-0.2, 0) is 35.1 Å². The Bertz CT molecular complexity index is 1390. The topological polar surface area (TPSA) is 157 Å². The highest BCUT2D eigenvalue weighted by atomic mass is 16.6. The van der Waals surface area contributed by atoms with Crippen LogP contribution in [-0.4, -0.2) is 64.0 Å². The zero-order chi connectivity index (χ0) is 35.0. The molecule has 0 aliphatic heterocycles. The summed E-state index contributed by atoms with van der Waals surface area (Å²) in [5, 5.41) is 5.33. The van der Waals surface area contributed by atoms with E-state index < -0.39 is 71.6 Å². The van der Waals surface area contributed by atoms with Crippen LogP contribution < -0.4 is 16.4 Å². The van der Waals surface area contributed by atoms with E-state index in [9.17, 15) is 24.0 Å². The predicted molar refractivity (Wildman–Crippen MR) is 176 cm³/mol. The molecule has 0 aromatic heterocycles. The smallest absolute Gasteiger partial charge is 0.408 e. The van der Waals surface area contributed by atoms with Crippen molar-refractivity contribution in [3.63, 3.8) is 0 Å². The van der Waals surface area contributed by atoms with Crippen molar-refractivity contribution in [2.45, 2.75) is 117 Å². The number of rotatable bonds is 12. The SMILES string of the molecule is Cc1cccc(C(C(=O)NC(Cc2ccccc2)C(=O)OC(C)(C)C)N(C(=O)C(CC(N)=O)NC(=O)OC(C)(C)C)C(C)C)c1C. The highest BCUT2D eigenvalue weighted by Gasteiger charge is 2.40. The predicted octanol–water partition coefficient (Wildman–Crippen LogP) is 4.42. The minimum atomic E-state index is -1.43. The summed E-state index contributed by atoms with van der Waals surface area (Å²) in [5.41, 5.74) is 6.73. The van der Waals surface area contributed by atoms with Gasteiger partial charge in [0.1, 0.15) is 29.3 Å². The first-order chi connectivity index (χ1) is 21.2. The fraction of sp³-hybridized carbons (Fsp3) is 0.514. The first-order valence-corrected chi connectivity index (χ1v) is 15.4. The first-order valence-electron chi connectivity index (χ1n) is 15.4. The summed E-state index contributed by atoms with van der Waals surface area (Å²) >= 11 is 0. The van der Waals surface area contributed by atoms with Crippen molar-refractivity contribution in [1.29, 1.82) is 0 Å². The van der Waals surface area contributed by atoms with Gasteiger partial charge >= 0.3 is 12.1 Å². The summed E-state index contributed by atoms with van der Waals surface area (Å²) in [6, 6.07) is 10.2. The van der Waals surface area contributed by atoms with E-state index in [-0.39, 0.29) is 6.42 Å². The standard InChI is InChI=1S/C35H50N4O7/c1-21(2)39(31(42)26(20-28(36)40)38-33(44)46-35(8,9)10)29(25-18-14-15-22(3)23(25)4)30(41)37-27(32(43)45-34(5,6)7)19-24-16-12-11-13-17-24/h11-18,21,26-27,29H,19-20H2,1-10H3,(H2,36,40)(H,37,41)(H,38,44). The maximum Gasteiger partial charge on any atom is 0.408 e. The molecular weight excluding hydrogens is 588 g/mol. The summed E-state index contributed by atoms with van der Waals surface area (Å²) in [6.07, 6.45) is -1.31. The van der Waals surface area contributed by atoms with Crippen LogP contribution in [0.5, 0.6) is 0 Å². The van der Waals surface area contributed by atoms with Crippen LogP contribution in [0.2, 0.25) is 0 Å². The normalized spacial score (nSPS) is 13.6.